The first kappa shape index (κ1) is 20.1. The first-order chi connectivity index (χ1) is 12.4. The maximum atomic E-state index is 12.4. The molecule has 0 spiro atoms. The van der Waals surface area contributed by atoms with E-state index in [1.165, 1.54) is 12.0 Å². The summed E-state index contributed by atoms with van der Waals surface area (Å²) in [6, 6.07) is 11.3. The molecule has 140 valence electrons. The predicted octanol–water partition coefficient (Wildman–Crippen LogP) is 3.48. The van der Waals surface area contributed by atoms with Crippen LogP contribution in [0.2, 0.25) is 0 Å². The summed E-state index contributed by atoms with van der Waals surface area (Å²) >= 11 is 1.66. The van der Waals surface area contributed by atoms with E-state index in [-0.39, 0.29) is 17.9 Å². The average Bonchev–Trinajstić information content (AvgIpc) is 3.13. The molecule has 0 saturated heterocycles. The van der Waals surface area contributed by atoms with Gasteiger partial charge in [-0.15, -0.1) is 11.3 Å². The molecule has 1 N–H and O–H groups in total. The van der Waals surface area contributed by atoms with Crippen LogP contribution in [0, 0.1) is 5.92 Å². The highest BCUT2D eigenvalue weighted by molar-refractivity contribution is 7.10. The van der Waals surface area contributed by atoms with Gasteiger partial charge < -0.3 is 10.1 Å². The van der Waals surface area contributed by atoms with Gasteiger partial charge in [-0.05, 0) is 42.1 Å². The van der Waals surface area contributed by atoms with Gasteiger partial charge in [-0.3, -0.25) is 9.69 Å². The van der Waals surface area contributed by atoms with Gasteiger partial charge in [-0.25, -0.2) is 4.79 Å². The van der Waals surface area contributed by atoms with Crippen LogP contribution >= 0.6 is 11.3 Å². The maximum absolute atomic E-state index is 12.4. The fourth-order valence-electron chi connectivity index (χ4n) is 2.73. The number of rotatable bonds is 8. The van der Waals surface area contributed by atoms with Crippen molar-refractivity contribution in [2.45, 2.75) is 26.4 Å². The van der Waals surface area contributed by atoms with E-state index in [4.69, 9.17) is 4.74 Å². The van der Waals surface area contributed by atoms with Crippen molar-refractivity contribution in [2.75, 3.05) is 20.7 Å². The number of thiophene rings is 1. The summed E-state index contributed by atoms with van der Waals surface area (Å²) in [4.78, 5) is 27.0. The van der Waals surface area contributed by atoms with Crippen LogP contribution < -0.4 is 5.32 Å². The van der Waals surface area contributed by atoms with Crippen LogP contribution in [0.25, 0.3) is 0 Å². The number of amides is 1. The standard InChI is InChI=1S/C20H26N2O3S/c1-14(2)19(17-6-5-11-26-17)21-18(23)13-22(3)12-15-7-9-16(10-8-15)20(24)25-4/h5-11,14,19H,12-13H2,1-4H3,(H,21,23). The van der Waals surface area contributed by atoms with Gasteiger partial charge in [0, 0.05) is 11.4 Å². The zero-order valence-electron chi connectivity index (χ0n) is 15.7. The quantitative estimate of drug-likeness (QED) is 0.719. The first-order valence-corrected chi connectivity index (χ1v) is 9.47. The number of hydrogen-bond acceptors (Lipinski definition) is 5. The SMILES string of the molecule is COC(=O)c1ccc(CN(C)CC(=O)NC(c2cccs2)C(C)C)cc1. The summed E-state index contributed by atoms with van der Waals surface area (Å²) < 4.78 is 4.70. The van der Waals surface area contributed by atoms with Crippen molar-refractivity contribution in [3.05, 3.63) is 57.8 Å². The van der Waals surface area contributed by atoms with Crippen molar-refractivity contribution in [1.82, 2.24) is 10.2 Å². The lowest BCUT2D eigenvalue weighted by Gasteiger charge is -2.23. The van der Waals surface area contributed by atoms with Crippen LogP contribution in [0.1, 0.15) is 40.7 Å². The number of benzene rings is 1. The van der Waals surface area contributed by atoms with Crippen LogP contribution in [-0.2, 0) is 16.1 Å². The molecule has 2 aromatic rings. The second-order valence-corrected chi connectivity index (χ2v) is 7.64. The molecule has 1 aromatic carbocycles. The number of carbonyl (C=O) groups is 2. The molecule has 1 heterocycles. The number of ether oxygens (including phenoxy) is 1. The molecule has 2 rings (SSSR count). The number of hydrogen-bond donors (Lipinski definition) is 1. The topological polar surface area (TPSA) is 58.6 Å². The van der Waals surface area contributed by atoms with Gasteiger partial charge in [0.1, 0.15) is 0 Å². The molecule has 0 aliphatic carbocycles. The van der Waals surface area contributed by atoms with Crippen molar-refractivity contribution in [1.29, 1.82) is 0 Å². The summed E-state index contributed by atoms with van der Waals surface area (Å²) in [6.45, 7) is 5.15. The molecule has 5 nitrogen and oxygen atoms in total. The van der Waals surface area contributed by atoms with Crippen molar-refractivity contribution in [3.63, 3.8) is 0 Å². The minimum atomic E-state index is -0.349. The molecule has 0 bridgehead atoms. The van der Waals surface area contributed by atoms with E-state index in [0.29, 0.717) is 24.6 Å². The highest BCUT2D eigenvalue weighted by atomic mass is 32.1. The van der Waals surface area contributed by atoms with Crippen LogP contribution in [0.3, 0.4) is 0 Å². The Morgan fingerprint density at radius 1 is 1.19 bits per heavy atom. The Morgan fingerprint density at radius 3 is 2.42 bits per heavy atom. The number of methoxy groups -OCH3 is 1. The van der Waals surface area contributed by atoms with Crippen molar-refractivity contribution >= 4 is 23.2 Å². The minimum Gasteiger partial charge on any atom is -0.465 e. The number of likely N-dealkylation sites (N-methyl/N-ethyl adjacent to an activating group) is 1. The molecule has 0 fully saturated rings. The van der Waals surface area contributed by atoms with E-state index in [1.807, 2.05) is 35.5 Å². The lowest BCUT2D eigenvalue weighted by Crippen LogP contribution is -2.38. The molecule has 0 aliphatic rings. The van der Waals surface area contributed by atoms with Crippen LogP contribution in [0.4, 0.5) is 0 Å². The fourth-order valence-corrected chi connectivity index (χ4v) is 3.68. The molecule has 1 aromatic heterocycles. The van der Waals surface area contributed by atoms with Crippen LogP contribution in [0.5, 0.6) is 0 Å². The first-order valence-electron chi connectivity index (χ1n) is 8.59. The van der Waals surface area contributed by atoms with Crippen molar-refractivity contribution in [2.24, 2.45) is 5.92 Å². The Balaban J connectivity index is 1.89. The second-order valence-electron chi connectivity index (χ2n) is 6.67. The molecule has 26 heavy (non-hydrogen) atoms. The Morgan fingerprint density at radius 2 is 1.88 bits per heavy atom. The van der Waals surface area contributed by atoms with E-state index >= 15 is 0 Å². The summed E-state index contributed by atoms with van der Waals surface area (Å²) in [6.07, 6.45) is 0. The third kappa shape index (κ3) is 5.68. The normalized spacial score (nSPS) is 12.2. The molecule has 0 aliphatic heterocycles. The Hall–Kier alpha value is -2.18. The van der Waals surface area contributed by atoms with Crippen molar-refractivity contribution < 1.29 is 14.3 Å². The Labute approximate surface area is 159 Å². The Bertz CT molecular complexity index is 711. The molecular weight excluding hydrogens is 348 g/mol. The van der Waals surface area contributed by atoms with Gasteiger partial charge in [-0.2, -0.15) is 0 Å². The zero-order valence-corrected chi connectivity index (χ0v) is 16.5. The molecule has 1 atom stereocenters. The van der Waals surface area contributed by atoms with E-state index in [0.717, 1.165) is 5.56 Å². The predicted molar refractivity (Wildman–Crippen MR) is 104 cm³/mol. The average molecular weight is 375 g/mol. The van der Waals surface area contributed by atoms with Gasteiger partial charge in [0.25, 0.3) is 0 Å². The largest absolute Gasteiger partial charge is 0.465 e. The molecule has 1 unspecified atom stereocenters. The van der Waals surface area contributed by atoms with Crippen LogP contribution in [-0.4, -0.2) is 37.5 Å². The zero-order chi connectivity index (χ0) is 19.1. The monoisotopic (exact) mass is 374 g/mol. The molecule has 0 radical (unpaired) electrons. The highest BCUT2D eigenvalue weighted by Crippen LogP contribution is 2.25. The lowest BCUT2D eigenvalue weighted by molar-refractivity contribution is -0.123. The summed E-state index contributed by atoms with van der Waals surface area (Å²) in [5, 5.41) is 5.16. The van der Waals surface area contributed by atoms with E-state index in [2.05, 4.69) is 25.2 Å². The summed E-state index contributed by atoms with van der Waals surface area (Å²) in [7, 11) is 3.27. The maximum Gasteiger partial charge on any atom is 0.337 e. The molecule has 0 saturated carbocycles. The highest BCUT2D eigenvalue weighted by Gasteiger charge is 2.19. The summed E-state index contributed by atoms with van der Waals surface area (Å²) in [5.74, 6) is -0.0165. The third-order valence-electron chi connectivity index (χ3n) is 4.07. The molecule has 1 amide bonds. The molecule has 6 heteroatoms. The number of carbonyl (C=O) groups excluding carboxylic acids is 2. The van der Waals surface area contributed by atoms with E-state index in [9.17, 15) is 9.59 Å². The number of nitrogens with one attached hydrogen (secondary N) is 1. The van der Waals surface area contributed by atoms with Gasteiger partial charge in [0.15, 0.2) is 0 Å². The Kier molecular flexibility index (Phi) is 7.36. The number of esters is 1. The minimum absolute atomic E-state index is 0.00535. The van der Waals surface area contributed by atoms with Gasteiger partial charge in [0.05, 0.1) is 25.3 Å². The van der Waals surface area contributed by atoms with Gasteiger partial charge in [-0.1, -0.05) is 32.0 Å². The van der Waals surface area contributed by atoms with Crippen LogP contribution in [0.15, 0.2) is 41.8 Å². The second kappa shape index (κ2) is 9.50. The lowest BCUT2D eigenvalue weighted by atomic mass is 10.0. The summed E-state index contributed by atoms with van der Waals surface area (Å²) in [5.41, 5.74) is 1.55. The van der Waals surface area contributed by atoms with E-state index in [1.54, 1.807) is 23.5 Å². The molecular formula is C20H26N2O3S. The van der Waals surface area contributed by atoms with Gasteiger partial charge in [0.2, 0.25) is 5.91 Å². The van der Waals surface area contributed by atoms with Crippen molar-refractivity contribution in [3.8, 4) is 0 Å². The fraction of sp³-hybridized carbons (Fsp3) is 0.400. The number of nitrogens with zero attached hydrogens (tertiary/aromatic N) is 1. The van der Waals surface area contributed by atoms with E-state index < -0.39 is 0 Å². The van der Waals surface area contributed by atoms with Gasteiger partial charge >= 0.3 is 5.97 Å². The third-order valence-corrected chi connectivity index (χ3v) is 5.03. The smallest absolute Gasteiger partial charge is 0.337 e.